The Morgan fingerprint density at radius 1 is 1.69 bits per heavy atom. The maximum Gasteiger partial charge on any atom is 0.292 e. The smallest absolute Gasteiger partial charge is 0.292 e. The Kier molecular flexibility index (Phi) is 2.57. The summed E-state index contributed by atoms with van der Waals surface area (Å²) in [4.78, 5) is 14.1. The Bertz CT molecular complexity index is 336. The minimum absolute atomic E-state index is 0.00463. The van der Waals surface area contributed by atoms with Gasteiger partial charge < -0.3 is 5.73 Å². The van der Waals surface area contributed by atoms with Gasteiger partial charge in [0, 0.05) is 12.3 Å². The lowest BCUT2D eigenvalue weighted by Gasteiger charge is -2.05. The van der Waals surface area contributed by atoms with E-state index in [4.69, 9.17) is 5.73 Å². The quantitative estimate of drug-likeness (QED) is 0.551. The molecule has 1 rings (SSSR count). The van der Waals surface area contributed by atoms with E-state index in [2.05, 4.69) is 4.98 Å². The van der Waals surface area contributed by atoms with E-state index >= 15 is 0 Å². The first-order valence-electron chi connectivity index (χ1n) is 3.89. The molecule has 2 N–H and O–H groups in total. The van der Waals surface area contributed by atoms with Gasteiger partial charge in [-0.2, -0.15) is 0 Å². The third-order valence-corrected chi connectivity index (χ3v) is 1.66. The van der Waals surface area contributed by atoms with Crippen LogP contribution in [0, 0.1) is 17.0 Å². The summed E-state index contributed by atoms with van der Waals surface area (Å²) < 4.78 is 0. The van der Waals surface area contributed by atoms with Crippen molar-refractivity contribution in [1.82, 2.24) is 4.98 Å². The third kappa shape index (κ3) is 2.00. The number of aromatic nitrogens is 1. The summed E-state index contributed by atoms with van der Waals surface area (Å²) in [6.07, 6.45) is 1.58. The third-order valence-electron chi connectivity index (χ3n) is 1.66. The van der Waals surface area contributed by atoms with Gasteiger partial charge in [0.2, 0.25) is 0 Å². The zero-order valence-electron chi connectivity index (χ0n) is 7.52. The van der Waals surface area contributed by atoms with Gasteiger partial charge in [0.15, 0.2) is 0 Å². The second kappa shape index (κ2) is 3.49. The minimum Gasteiger partial charge on any atom is -0.323 e. The molecule has 5 nitrogen and oxygen atoms in total. The molecule has 0 aromatic carbocycles. The molecular weight excluding hydrogens is 170 g/mol. The van der Waals surface area contributed by atoms with E-state index in [1.54, 1.807) is 20.0 Å². The van der Waals surface area contributed by atoms with Crippen LogP contribution in [-0.2, 0) is 0 Å². The monoisotopic (exact) mass is 181 g/mol. The van der Waals surface area contributed by atoms with Crippen molar-refractivity contribution in [3.8, 4) is 0 Å². The highest BCUT2D eigenvalue weighted by Crippen LogP contribution is 2.21. The molecule has 1 atom stereocenters. The molecule has 0 saturated carbocycles. The van der Waals surface area contributed by atoms with Gasteiger partial charge in [-0.3, -0.25) is 15.1 Å². The average Bonchev–Trinajstić information content (AvgIpc) is 2.03. The minimum atomic E-state index is -0.460. The summed E-state index contributed by atoms with van der Waals surface area (Å²) in [5.41, 5.74) is 6.62. The topological polar surface area (TPSA) is 82.0 Å². The Labute approximate surface area is 75.7 Å². The number of nitrogens with zero attached hydrogens (tertiary/aromatic N) is 2. The van der Waals surface area contributed by atoms with Crippen LogP contribution in [0.5, 0.6) is 0 Å². The molecule has 0 saturated heterocycles. The molecule has 0 unspecified atom stereocenters. The normalized spacial score (nSPS) is 12.5. The molecule has 0 aliphatic carbocycles. The molecule has 0 amide bonds. The molecule has 1 heterocycles. The summed E-state index contributed by atoms with van der Waals surface area (Å²) in [5, 5.41) is 10.6. The van der Waals surface area contributed by atoms with Gasteiger partial charge in [-0.1, -0.05) is 0 Å². The van der Waals surface area contributed by atoms with Crippen molar-refractivity contribution in [2.45, 2.75) is 19.9 Å². The van der Waals surface area contributed by atoms with E-state index < -0.39 is 11.0 Å². The van der Waals surface area contributed by atoms with Gasteiger partial charge in [-0.25, -0.2) is 0 Å². The standard InChI is InChI=1S/C8H11N3O2/c1-5-3-7(11(12)13)8(6(2)9)10-4-5/h3-4,6H,9H2,1-2H3/t6-/m0/s1. The molecule has 0 fully saturated rings. The van der Waals surface area contributed by atoms with E-state index in [1.807, 2.05) is 0 Å². The number of hydrogen-bond acceptors (Lipinski definition) is 4. The Hall–Kier alpha value is -1.49. The maximum atomic E-state index is 10.6. The molecular formula is C8H11N3O2. The van der Waals surface area contributed by atoms with Gasteiger partial charge in [0.05, 0.1) is 11.0 Å². The van der Waals surface area contributed by atoms with Crippen LogP contribution in [0.25, 0.3) is 0 Å². The second-order valence-corrected chi connectivity index (χ2v) is 2.96. The molecule has 0 radical (unpaired) electrons. The first kappa shape index (κ1) is 9.60. The molecule has 0 aliphatic heterocycles. The van der Waals surface area contributed by atoms with Crippen LogP contribution in [0.15, 0.2) is 12.3 Å². The number of hydrogen-bond donors (Lipinski definition) is 1. The Balaban J connectivity index is 3.27. The fourth-order valence-electron chi connectivity index (χ4n) is 1.06. The Morgan fingerprint density at radius 3 is 2.77 bits per heavy atom. The number of pyridine rings is 1. The van der Waals surface area contributed by atoms with E-state index in [0.717, 1.165) is 5.56 Å². The molecule has 1 aromatic heterocycles. The lowest BCUT2D eigenvalue weighted by molar-refractivity contribution is -0.386. The van der Waals surface area contributed by atoms with Gasteiger partial charge in [-0.15, -0.1) is 0 Å². The largest absolute Gasteiger partial charge is 0.323 e. The van der Waals surface area contributed by atoms with Crippen molar-refractivity contribution in [1.29, 1.82) is 0 Å². The summed E-state index contributed by atoms with van der Waals surface area (Å²) in [5.74, 6) is 0. The number of aryl methyl sites for hydroxylation is 1. The summed E-state index contributed by atoms with van der Waals surface area (Å²) in [7, 11) is 0. The zero-order valence-corrected chi connectivity index (χ0v) is 7.52. The average molecular weight is 181 g/mol. The SMILES string of the molecule is Cc1cnc([C@H](C)N)c([N+](=O)[O-])c1. The van der Waals surface area contributed by atoms with Crippen molar-refractivity contribution in [2.24, 2.45) is 5.73 Å². The molecule has 1 aromatic rings. The maximum absolute atomic E-state index is 10.6. The first-order valence-corrected chi connectivity index (χ1v) is 3.89. The highest BCUT2D eigenvalue weighted by molar-refractivity contribution is 5.39. The lowest BCUT2D eigenvalue weighted by Crippen LogP contribution is -2.10. The van der Waals surface area contributed by atoms with E-state index in [1.165, 1.54) is 6.07 Å². The van der Waals surface area contributed by atoms with Crippen LogP contribution >= 0.6 is 0 Å². The predicted molar refractivity (Wildman–Crippen MR) is 48.2 cm³/mol. The van der Waals surface area contributed by atoms with Crippen LogP contribution in [0.1, 0.15) is 24.2 Å². The van der Waals surface area contributed by atoms with Crippen LogP contribution in [0.4, 0.5) is 5.69 Å². The first-order chi connectivity index (χ1) is 6.02. The summed E-state index contributed by atoms with van der Waals surface area (Å²) >= 11 is 0. The van der Waals surface area contributed by atoms with Crippen molar-refractivity contribution in [2.75, 3.05) is 0 Å². The number of nitrogens with two attached hydrogens (primary N) is 1. The van der Waals surface area contributed by atoms with Gasteiger partial charge in [0.1, 0.15) is 5.69 Å². The summed E-state index contributed by atoms with van der Waals surface area (Å²) in [6.45, 7) is 3.43. The zero-order chi connectivity index (χ0) is 10.0. The fourth-order valence-corrected chi connectivity index (χ4v) is 1.06. The second-order valence-electron chi connectivity index (χ2n) is 2.96. The van der Waals surface area contributed by atoms with Gasteiger partial charge in [-0.05, 0) is 19.4 Å². The van der Waals surface area contributed by atoms with E-state index in [-0.39, 0.29) is 5.69 Å². The molecule has 5 heteroatoms. The van der Waals surface area contributed by atoms with Gasteiger partial charge in [0.25, 0.3) is 5.69 Å². The van der Waals surface area contributed by atoms with Crippen molar-refractivity contribution >= 4 is 5.69 Å². The van der Waals surface area contributed by atoms with Crippen LogP contribution in [-0.4, -0.2) is 9.91 Å². The molecule has 13 heavy (non-hydrogen) atoms. The molecule has 0 spiro atoms. The number of rotatable bonds is 2. The fraction of sp³-hybridized carbons (Fsp3) is 0.375. The van der Waals surface area contributed by atoms with E-state index in [9.17, 15) is 10.1 Å². The van der Waals surface area contributed by atoms with Crippen LogP contribution < -0.4 is 5.73 Å². The number of nitro groups is 1. The van der Waals surface area contributed by atoms with Crippen LogP contribution in [0.3, 0.4) is 0 Å². The highest BCUT2D eigenvalue weighted by atomic mass is 16.6. The van der Waals surface area contributed by atoms with E-state index in [0.29, 0.717) is 5.69 Å². The predicted octanol–water partition coefficient (Wildman–Crippen LogP) is 1.32. The lowest BCUT2D eigenvalue weighted by atomic mass is 10.1. The molecule has 0 bridgehead atoms. The highest BCUT2D eigenvalue weighted by Gasteiger charge is 2.17. The molecule has 0 aliphatic rings. The Morgan fingerprint density at radius 2 is 2.31 bits per heavy atom. The van der Waals surface area contributed by atoms with Gasteiger partial charge >= 0.3 is 0 Å². The van der Waals surface area contributed by atoms with Crippen LogP contribution in [0.2, 0.25) is 0 Å². The van der Waals surface area contributed by atoms with Crippen molar-refractivity contribution < 1.29 is 4.92 Å². The van der Waals surface area contributed by atoms with Crippen molar-refractivity contribution in [3.05, 3.63) is 33.6 Å². The van der Waals surface area contributed by atoms with Crippen molar-refractivity contribution in [3.63, 3.8) is 0 Å². The molecule has 70 valence electrons. The summed E-state index contributed by atoms with van der Waals surface area (Å²) in [6, 6.07) is 1.06.